The van der Waals surface area contributed by atoms with Crippen LogP contribution in [0.1, 0.15) is 40.2 Å². The summed E-state index contributed by atoms with van der Waals surface area (Å²) in [6.45, 7) is 0.256. The maximum atomic E-state index is 13.4. The van der Waals surface area contributed by atoms with Crippen molar-refractivity contribution in [2.24, 2.45) is 0 Å². The molecule has 7 heteroatoms. The molecule has 4 nitrogen and oxygen atoms in total. The van der Waals surface area contributed by atoms with Gasteiger partial charge in [-0.1, -0.05) is 97.1 Å². The van der Waals surface area contributed by atoms with Crippen LogP contribution in [0.25, 0.3) is 11.1 Å². The lowest BCUT2D eigenvalue weighted by molar-refractivity contribution is -0.137. The molecule has 1 amide bonds. The molecule has 0 unspecified atom stereocenters. The van der Waals surface area contributed by atoms with Crippen molar-refractivity contribution < 1.29 is 23.1 Å². The number of carbonyl (C=O) groups is 1. The number of nitrogens with one attached hydrogen (secondary N) is 2. The molecule has 0 saturated heterocycles. The van der Waals surface area contributed by atoms with Gasteiger partial charge in [0.15, 0.2) is 0 Å². The Hall–Kier alpha value is -3.94. The van der Waals surface area contributed by atoms with Gasteiger partial charge in [0.25, 0.3) is 0 Å². The molecule has 4 aromatic rings. The van der Waals surface area contributed by atoms with Gasteiger partial charge in [-0.25, -0.2) is 0 Å². The molecule has 2 atom stereocenters. The predicted octanol–water partition coefficient (Wildman–Crippen LogP) is 6.09. The number of alkyl halides is 3. The van der Waals surface area contributed by atoms with Crippen molar-refractivity contribution in [3.05, 3.63) is 131 Å². The van der Waals surface area contributed by atoms with E-state index in [1.54, 1.807) is 6.07 Å². The molecular formula is C33H31F3N2O2. The Bertz CT molecular complexity index is 1410. The minimum absolute atomic E-state index is 0.0825. The summed E-state index contributed by atoms with van der Waals surface area (Å²) < 4.78 is 39.2. The molecule has 0 fully saturated rings. The molecule has 0 saturated carbocycles. The Balaban J connectivity index is 1.27. The summed E-state index contributed by atoms with van der Waals surface area (Å²) in [4.78, 5) is 13.4. The van der Waals surface area contributed by atoms with E-state index in [2.05, 4.69) is 34.9 Å². The van der Waals surface area contributed by atoms with Crippen molar-refractivity contribution in [2.75, 3.05) is 6.54 Å². The van der Waals surface area contributed by atoms with Crippen LogP contribution in [-0.2, 0) is 23.9 Å². The lowest BCUT2D eigenvalue weighted by Gasteiger charge is -2.26. The molecule has 0 aliphatic heterocycles. The fourth-order valence-corrected chi connectivity index (χ4v) is 5.45. The zero-order chi connectivity index (χ0) is 28.1. The van der Waals surface area contributed by atoms with Gasteiger partial charge in [0, 0.05) is 25.4 Å². The van der Waals surface area contributed by atoms with E-state index < -0.39 is 23.9 Å². The Morgan fingerprint density at radius 1 is 0.800 bits per heavy atom. The summed E-state index contributed by atoms with van der Waals surface area (Å²) in [5.41, 5.74) is 5.21. The monoisotopic (exact) mass is 544 g/mol. The number of hydrogen-bond acceptors (Lipinski definition) is 3. The fraction of sp³-hybridized carbons (Fsp3) is 0.242. The molecule has 0 aromatic heterocycles. The molecule has 0 bridgehead atoms. The van der Waals surface area contributed by atoms with Crippen molar-refractivity contribution >= 4 is 5.91 Å². The third-order valence-electron chi connectivity index (χ3n) is 7.40. The SMILES string of the molecule is O=C(CC1c2ccccc2-c2ccccc21)N[C@@H](Cc1ccccc1)[C@H](O)CNCc1cccc(C(F)(F)F)c1. The van der Waals surface area contributed by atoms with Crippen molar-refractivity contribution in [1.29, 1.82) is 0 Å². The summed E-state index contributed by atoms with van der Waals surface area (Å²) in [7, 11) is 0. The van der Waals surface area contributed by atoms with Gasteiger partial charge in [-0.15, -0.1) is 0 Å². The van der Waals surface area contributed by atoms with Crippen molar-refractivity contribution in [1.82, 2.24) is 10.6 Å². The van der Waals surface area contributed by atoms with Crippen LogP contribution in [0.5, 0.6) is 0 Å². The number of rotatable bonds is 10. The first-order valence-corrected chi connectivity index (χ1v) is 13.4. The van der Waals surface area contributed by atoms with E-state index in [0.29, 0.717) is 12.0 Å². The molecular weight excluding hydrogens is 513 g/mol. The number of amides is 1. The van der Waals surface area contributed by atoms with Crippen LogP contribution in [0.15, 0.2) is 103 Å². The molecule has 0 heterocycles. The second-order valence-corrected chi connectivity index (χ2v) is 10.2. The molecule has 40 heavy (non-hydrogen) atoms. The van der Waals surface area contributed by atoms with Crippen molar-refractivity contribution in [3.63, 3.8) is 0 Å². The maximum Gasteiger partial charge on any atom is 0.416 e. The van der Waals surface area contributed by atoms with Gasteiger partial charge in [-0.05, 0) is 45.9 Å². The van der Waals surface area contributed by atoms with E-state index in [1.165, 1.54) is 6.07 Å². The quantitative estimate of drug-likeness (QED) is 0.227. The third kappa shape index (κ3) is 6.43. The highest BCUT2D eigenvalue weighted by atomic mass is 19.4. The summed E-state index contributed by atoms with van der Waals surface area (Å²) in [5.74, 6) is -0.254. The fourth-order valence-electron chi connectivity index (χ4n) is 5.45. The van der Waals surface area contributed by atoms with Gasteiger partial charge in [0.05, 0.1) is 17.7 Å². The molecule has 3 N–H and O–H groups in total. The third-order valence-corrected chi connectivity index (χ3v) is 7.40. The van der Waals surface area contributed by atoms with Crippen LogP contribution in [-0.4, -0.2) is 29.7 Å². The van der Waals surface area contributed by atoms with Gasteiger partial charge in [-0.3, -0.25) is 4.79 Å². The molecule has 0 radical (unpaired) electrons. The Labute approximate surface area is 231 Å². The number of aliphatic hydroxyl groups is 1. The average Bonchev–Trinajstić information content (AvgIpc) is 3.26. The molecule has 206 valence electrons. The first-order valence-electron chi connectivity index (χ1n) is 13.4. The highest BCUT2D eigenvalue weighted by Gasteiger charge is 2.32. The van der Waals surface area contributed by atoms with Gasteiger partial charge in [0.2, 0.25) is 5.91 Å². The lowest BCUT2D eigenvalue weighted by Crippen LogP contribution is -2.48. The first-order chi connectivity index (χ1) is 19.3. The number of halogens is 3. The van der Waals surface area contributed by atoms with Gasteiger partial charge in [-0.2, -0.15) is 13.2 Å². The Morgan fingerprint density at radius 3 is 2.05 bits per heavy atom. The van der Waals surface area contributed by atoms with Crippen molar-refractivity contribution in [3.8, 4) is 11.1 Å². The van der Waals surface area contributed by atoms with E-state index in [-0.39, 0.29) is 31.3 Å². The minimum Gasteiger partial charge on any atom is -0.390 e. The summed E-state index contributed by atoms with van der Waals surface area (Å²) in [5, 5.41) is 17.2. The van der Waals surface area contributed by atoms with Gasteiger partial charge < -0.3 is 15.7 Å². The second kappa shape index (κ2) is 12.1. The average molecular weight is 545 g/mol. The van der Waals surface area contributed by atoms with Crippen molar-refractivity contribution in [2.45, 2.75) is 43.6 Å². The normalized spacial score (nSPS) is 14.3. The van der Waals surface area contributed by atoms with Gasteiger partial charge in [0.1, 0.15) is 0 Å². The largest absolute Gasteiger partial charge is 0.416 e. The standard InChI is InChI=1S/C33H31F3N2O2/c34-33(35,36)24-12-8-11-23(17-24)20-37-21-31(39)30(18-22-9-2-1-3-10-22)38-32(40)19-29-27-15-6-4-13-25(27)26-14-5-7-16-28(26)29/h1-17,29-31,37,39H,18-21H2,(H,38,40)/t30-,31+/m0/s1. The molecule has 1 aliphatic carbocycles. The predicted molar refractivity (Wildman–Crippen MR) is 150 cm³/mol. The molecule has 4 aromatic carbocycles. The number of aliphatic hydroxyl groups excluding tert-OH is 1. The van der Waals surface area contributed by atoms with E-state index in [1.807, 2.05) is 54.6 Å². The summed E-state index contributed by atoms with van der Waals surface area (Å²) >= 11 is 0. The highest BCUT2D eigenvalue weighted by Crippen LogP contribution is 2.46. The van der Waals surface area contributed by atoms with Crippen LogP contribution in [0.2, 0.25) is 0 Å². The number of fused-ring (bicyclic) bond motifs is 3. The zero-order valence-corrected chi connectivity index (χ0v) is 21.9. The smallest absolute Gasteiger partial charge is 0.390 e. The van der Waals surface area contributed by atoms with E-state index >= 15 is 0 Å². The summed E-state index contributed by atoms with van der Waals surface area (Å²) in [6.07, 6.45) is -4.72. The Kier molecular flexibility index (Phi) is 8.33. The first kappa shape index (κ1) is 27.6. The maximum absolute atomic E-state index is 13.4. The Morgan fingerprint density at radius 2 is 1.40 bits per heavy atom. The number of benzene rings is 4. The van der Waals surface area contributed by atoms with Crippen LogP contribution >= 0.6 is 0 Å². The lowest BCUT2D eigenvalue weighted by atomic mass is 9.92. The van der Waals surface area contributed by atoms with E-state index in [9.17, 15) is 23.1 Å². The van der Waals surface area contributed by atoms with Crippen LogP contribution < -0.4 is 10.6 Å². The van der Waals surface area contributed by atoms with Gasteiger partial charge >= 0.3 is 6.18 Å². The molecule has 1 aliphatic rings. The molecule has 5 rings (SSSR count). The topological polar surface area (TPSA) is 61.4 Å². The van der Waals surface area contributed by atoms with E-state index in [4.69, 9.17) is 0 Å². The van der Waals surface area contributed by atoms with Crippen LogP contribution in [0.4, 0.5) is 13.2 Å². The molecule has 0 spiro atoms. The van der Waals surface area contributed by atoms with E-state index in [0.717, 1.165) is 39.9 Å². The zero-order valence-electron chi connectivity index (χ0n) is 21.9. The van der Waals surface area contributed by atoms with Crippen LogP contribution in [0, 0.1) is 0 Å². The minimum atomic E-state index is -4.42. The highest BCUT2D eigenvalue weighted by molar-refractivity contribution is 5.84. The summed E-state index contributed by atoms with van der Waals surface area (Å²) in [6, 6.07) is 30.3. The second-order valence-electron chi connectivity index (χ2n) is 10.2. The van der Waals surface area contributed by atoms with Crippen LogP contribution in [0.3, 0.4) is 0 Å². The number of hydrogen-bond donors (Lipinski definition) is 3. The number of carbonyl (C=O) groups excluding carboxylic acids is 1.